The van der Waals surface area contributed by atoms with Crippen LogP contribution in [-0.4, -0.2) is 18.5 Å². The molecule has 3 aromatic rings. The summed E-state index contributed by atoms with van der Waals surface area (Å²) in [7, 11) is 0. The van der Waals surface area contributed by atoms with Crippen molar-refractivity contribution >= 4 is 66.5 Å². The van der Waals surface area contributed by atoms with Crippen molar-refractivity contribution in [1.29, 1.82) is 0 Å². The lowest BCUT2D eigenvalue weighted by Crippen LogP contribution is -2.20. The van der Waals surface area contributed by atoms with Crippen LogP contribution in [0.2, 0.25) is 5.02 Å². The number of nitrogens with one attached hydrogen (secondary N) is 1. The van der Waals surface area contributed by atoms with Crippen molar-refractivity contribution in [2.24, 2.45) is 0 Å². The van der Waals surface area contributed by atoms with E-state index in [9.17, 15) is 9.59 Å². The number of ether oxygens (including phenoxy) is 1. The number of amides is 1. The lowest BCUT2D eigenvalue weighted by Gasteiger charge is -2.08. The Morgan fingerprint density at radius 1 is 1.24 bits per heavy atom. The number of carbonyl (C=O) groups is 2. The number of hydrogen-bond acceptors (Lipinski definition) is 4. The van der Waals surface area contributed by atoms with E-state index < -0.39 is 11.9 Å². The summed E-state index contributed by atoms with van der Waals surface area (Å²) < 4.78 is 6.76. The molecule has 4 nitrogen and oxygen atoms in total. The van der Waals surface area contributed by atoms with Gasteiger partial charge in [0.05, 0.1) is 10.7 Å². The lowest BCUT2D eigenvalue weighted by atomic mass is 10.2. The molecule has 0 aliphatic rings. The van der Waals surface area contributed by atoms with Gasteiger partial charge in [-0.25, -0.2) is 4.79 Å². The van der Waals surface area contributed by atoms with E-state index in [-0.39, 0.29) is 6.61 Å². The second-order valence-corrected chi connectivity index (χ2v) is 7.63. The van der Waals surface area contributed by atoms with Crippen LogP contribution in [0.4, 0.5) is 5.69 Å². The summed E-state index contributed by atoms with van der Waals surface area (Å²) in [6, 6.07) is 13.0. The first kappa shape index (κ1) is 17.9. The Morgan fingerprint density at radius 2 is 2.00 bits per heavy atom. The second kappa shape index (κ2) is 7.56. The molecule has 1 amide bonds. The van der Waals surface area contributed by atoms with Crippen LogP contribution in [0.15, 0.2) is 46.9 Å². The predicted molar refractivity (Wildman–Crippen MR) is 105 cm³/mol. The fourth-order valence-electron chi connectivity index (χ4n) is 2.25. The number of aryl methyl sites for hydroxylation is 1. The predicted octanol–water partition coefficient (Wildman–Crippen LogP) is 5.42. The number of halogens is 2. The molecule has 3 rings (SSSR count). The average molecular weight is 439 g/mol. The molecule has 0 fully saturated rings. The number of esters is 1. The van der Waals surface area contributed by atoms with Crippen molar-refractivity contribution in [2.45, 2.75) is 6.92 Å². The molecule has 128 valence electrons. The van der Waals surface area contributed by atoms with E-state index in [1.165, 1.54) is 11.3 Å². The summed E-state index contributed by atoms with van der Waals surface area (Å²) >= 11 is 10.9. The third-order valence-corrected chi connectivity index (χ3v) is 5.76. The van der Waals surface area contributed by atoms with Gasteiger partial charge in [-0.1, -0.05) is 35.9 Å². The number of carbonyl (C=O) groups excluding carboxylic acids is 2. The molecule has 0 bridgehead atoms. The maximum atomic E-state index is 12.2. The minimum atomic E-state index is -0.607. The van der Waals surface area contributed by atoms with Gasteiger partial charge >= 0.3 is 5.97 Å². The summed E-state index contributed by atoms with van der Waals surface area (Å²) in [5.41, 5.74) is 1.68. The molecule has 25 heavy (non-hydrogen) atoms. The number of fused-ring (bicyclic) bond motifs is 1. The summed E-state index contributed by atoms with van der Waals surface area (Å²) in [4.78, 5) is 24.5. The lowest BCUT2D eigenvalue weighted by molar-refractivity contribution is -0.119. The Morgan fingerprint density at radius 3 is 2.72 bits per heavy atom. The van der Waals surface area contributed by atoms with Gasteiger partial charge < -0.3 is 10.1 Å². The molecule has 0 aliphatic heterocycles. The first-order valence-electron chi connectivity index (χ1n) is 7.36. The van der Waals surface area contributed by atoms with Crippen molar-refractivity contribution in [3.63, 3.8) is 0 Å². The van der Waals surface area contributed by atoms with Gasteiger partial charge in [-0.3, -0.25) is 4.79 Å². The first-order valence-corrected chi connectivity index (χ1v) is 9.34. The fourth-order valence-corrected chi connectivity index (χ4v) is 4.24. The highest BCUT2D eigenvalue weighted by molar-refractivity contribution is 9.10. The average Bonchev–Trinajstić information content (AvgIpc) is 2.93. The Balaban J connectivity index is 1.65. The number of benzene rings is 2. The van der Waals surface area contributed by atoms with E-state index in [2.05, 4.69) is 21.2 Å². The van der Waals surface area contributed by atoms with E-state index in [1.54, 1.807) is 6.07 Å². The highest BCUT2D eigenvalue weighted by atomic mass is 79.9. The van der Waals surface area contributed by atoms with Gasteiger partial charge in [-0.2, -0.15) is 0 Å². The normalized spacial score (nSPS) is 10.7. The van der Waals surface area contributed by atoms with Gasteiger partial charge in [0, 0.05) is 14.6 Å². The van der Waals surface area contributed by atoms with Crippen molar-refractivity contribution in [3.05, 3.63) is 62.4 Å². The molecule has 0 atom stereocenters. The molecule has 0 aliphatic carbocycles. The van der Waals surface area contributed by atoms with Crippen LogP contribution in [0.5, 0.6) is 0 Å². The minimum absolute atomic E-state index is 0.298. The molecule has 1 N–H and O–H groups in total. The number of rotatable bonds is 4. The van der Waals surface area contributed by atoms with Crippen LogP contribution in [0, 0.1) is 6.92 Å². The molecule has 0 spiro atoms. The fraction of sp³-hybridized carbons (Fsp3) is 0.111. The molecule has 0 unspecified atom stereocenters. The molecule has 0 saturated carbocycles. The van der Waals surface area contributed by atoms with E-state index in [1.807, 2.05) is 43.3 Å². The Kier molecular flexibility index (Phi) is 5.42. The van der Waals surface area contributed by atoms with E-state index >= 15 is 0 Å². The van der Waals surface area contributed by atoms with Crippen LogP contribution in [0.3, 0.4) is 0 Å². The summed E-state index contributed by atoms with van der Waals surface area (Å²) in [6.45, 7) is 1.57. The molecule has 7 heteroatoms. The van der Waals surface area contributed by atoms with Crippen LogP contribution in [0.25, 0.3) is 10.1 Å². The van der Waals surface area contributed by atoms with Crippen molar-refractivity contribution < 1.29 is 14.3 Å². The third-order valence-electron chi connectivity index (χ3n) is 3.45. The minimum Gasteiger partial charge on any atom is -0.451 e. The number of thiophene rings is 1. The van der Waals surface area contributed by atoms with Gasteiger partial charge in [-0.05, 0) is 46.6 Å². The molecular weight excluding hydrogens is 426 g/mol. The van der Waals surface area contributed by atoms with Crippen LogP contribution in [0.1, 0.15) is 15.2 Å². The highest BCUT2D eigenvalue weighted by Crippen LogP contribution is 2.35. The van der Waals surface area contributed by atoms with Crippen molar-refractivity contribution in [2.75, 3.05) is 11.9 Å². The third kappa shape index (κ3) is 4.03. The summed E-state index contributed by atoms with van der Waals surface area (Å²) in [6.07, 6.45) is 0. The maximum absolute atomic E-state index is 12.2. The van der Waals surface area contributed by atoms with Crippen LogP contribution >= 0.6 is 38.9 Å². The standard InChI is InChI=1S/C18H13BrClNO3S/c1-10-6-7-13(12(19)8-10)21-15(22)9-24-18(23)17-16(20)11-4-2-3-5-14(11)25-17/h2-8H,9H2,1H3,(H,21,22). The van der Waals surface area contributed by atoms with Gasteiger partial charge in [0.2, 0.25) is 0 Å². The molecule has 0 radical (unpaired) electrons. The van der Waals surface area contributed by atoms with E-state index in [0.29, 0.717) is 15.6 Å². The monoisotopic (exact) mass is 437 g/mol. The van der Waals surface area contributed by atoms with E-state index in [4.69, 9.17) is 16.3 Å². The van der Waals surface area contributed by atoms with Crippen LogP contribution < -0.4 is 5.32 Å². The van der Waals surface area contributed by atoms with Gasteiger partial charge in [0.1, 0.15) is 4.88 Å². The molecule has 1 aromatic heterocycles. The SMILES string of the molecule is Cc1ccc(NC(=O)COC(=O)c2sc3ccccc3c2Cl)c(Br)c1. The Bertz CT molecular complexity index is 970. The first-order chi connectivity index (χ1) is 12.0. The Labute approximate surface area is 161 Å². The smallest absolute Gasteiger partial charge is 0.350 e. The van der Waals surface area contributed by atoms with Gasteiger partial charge in [-0.15, -0.1) is 11.3 Å². The van der Waals surface area contributed by atoms with Crippen molar-refractivity contribution in [1.82, 2.24) is 0 Å². The van der Waals surface area contributed by atoms with E-state index in [0.717, 1.165) is 20.1 Å². The Hall–Kier alpha value is -1.89. The molecule has 1 heterocycles. The zero-order valence-corrected chi connectivity index (χ0v) is 16.3. The largest absolute Gasteiger partial charge is 0.451 e. The number of anilines is 1. The summed E-state index contributed by atoms with van der Waals surface area (Å²) in [5, 5.41) is 3.85. The zero-order chi connectivity index (χ0) is 18.0. The van der Waals surface area contributed by atoms with Crippen molar-refractivity contribution in [3.8, 4) is 0 Å². The van der Waals surface area contributed by atoms with Crippen LogP contribution in [-0.2, 0) is 9.53 Å². The van der Waals surface area contributed by atoms with Gasteiger partial charge in [0.25, 0.3) is 5.91 Å². The topological polar surface area (TPSA) is 55.4 Å². The maximum Gasteiger partial charge on any atom is 0.350 e. The molecule has 2 aromatic carbocycles. The molecular formula is C18H13BrClNO3S. The zero-order valence-electron chi connectivity index (χ0n) is 13.1. The second-order valence-electron chi connectivity index (χ2n) is 5.35. The van der Waals surface area contributed by atoms with Gasteiger partial charge in [0.15, 0.2) is 6.61 Å². The molecule has 0 saturated heterocycles. The highest BCUT2D eigenvalue weighted by Gasteiger charge is 2.19. The quantitative estimate of drug-likeness (QED) is 0.553. The summed E-state index contributed by atoms with van der Waals surface area (Å²) in [5.74, 6) is -1.03. The number of hydrogen-bond donors (Lipinski definition) is 1.